The molecule has 35 heavy (non-hydrogen) atoms. The number of halogens is 1. The molecule has 0 aliphatic carbocycles. The molecule has 2 N–H and O–H groups in total. The van der Waals surface area contributed by atoms with Gasteiger partial charge in [0.05, 0.1) is 49.6 Å². The van der Waals surface area contributed by atoms with Crippen molar-refractivity contribution in [3.63, 3.8) is 0 Å². The molecule has 0 aliphatic heterocycles. The molecule has 0 saturated carbocycles. The first-order valence-corrected chi connectivity index (χ1v) is 11.0. The molecule has 5 heterocycles. The van der Waals surface area contributed by atoms with E-state index in [1.54, 1.807) is 72.9 Å². The standard InChI is InChI=1S/C9H9N3O.C9H7N3O.C6H6BrNO/c2*13-6-8-3-9(5-11-4-8)12-2-1-10-7-12;7-6-1-5(4-9)2-8-3-6/h1-5,7,13H,6H2;1-7H;1-3,9H,4H2. The van der Waals surface area contributed by atoms with Gasteiger partial charge in [-0.25, -0.2) is 9.97 Å². The Morgan fingerprint density at radius 1 is 0.714 bits per heavy atom. The number of carbonyl (C=O) groups is 1. The van der Waals surface area contributed by atoms with Crippen molar-refractivity contribution in [2.75, 3.05) is 0 Å². The average Bonchev–Trinajstić information content (AvgIpc) is 3.65. The first-order chi connectivity index (χ1) is 17.1. The van der Waals surface area contributed by atoms with Gasteiger partial charge in [0.15, 0.2) is 6.29 Å². The summed E-state index contributed by atoms with van der Waals surface area (Å²) in [4.78, 5) is 30.1. The van der Waals surface area contributed by atoms with Gasteiger partial charge in [-0.1, -0.05) is 0 Å². The van der Waals surface area contributed by atoms with Gasteiger partial charge < -0.3 is 19.3 Å². The Balaban J connectivity index is 0.000000150. The Kier molecular flexibility index (Phi) is 9.93. The van der Waals surface area contributed by atoms with E-state index in [0.29, 0.717) is 5.56 Å². The van der Waals surface area contributed by atoms with E-state index in [0.717, 1.165) is 33.3 Å². The van der Waals surface area contributed by atoms with E-state index in [9.17, 15) is 4.79 Å². The number of imidazole rings is 2. The Morgan fingerprint density at radius 2 is 1.26 bits per heavy atom. The molecule has 0 unspecified atom stereocenters. The van der Waals surface area contributed by atoms with Crippen LogP contribution >= 0.6 is 15.9 Å². The molecule has 0 saturated heterocycles. The van der Waals surface area contributed by atoms with Crippen LogP contribution in [-0.2, 0) is 13.2 Å². The minimum Gasteiger partial charge on any atom is -0.392 e. The summed E-state index contributed by atoms with van der Waals surface area (Å²) in [6.07, 6.45) is 21.0. The lowest BCUT2D eigenvalue weighted by molar-refractivity contribution is 0.112. The Labute approximate surface area is 209 Å². The van der Waals surface area contributed by atoms with Crippen LogP contribution in [0.5, 0.6) is 0 Å². The molecular formula is C24H22BrN7O3. The maximum absolute atomic E-state index is 10.5. The zero-order valence-corrected chi connectivity index (χ0v) is 20.0. The third-order valence-corrected chi connectivity index (χ3v) is 4.83. The van der Waals surface area contributed by atoms with Crippen molar-refractivity contribution in [2.45, 2.75) is 13.2 Å². The molecule has 5 aromatic heterocycles. The summed E-state index contributed by atoms with van der Waals surface area (Å²) in [6, 6.07) is 5.45. The van der Waals surface area contributed by atoms with Crippen LogP contribution in [0, 0.1) is 0 Å². The fraction of sp³-hybridized carbons (Fsp3) is 0.0833. The summed E-state index contributed by atoms with van der Waals surface area (Å²) >= 11 is 3.23. The Bertz CT molecular complexity index is 1310. The van der Waals surface area contributed by atoms with Crippen LogP contribution in [0.3, 0.4) is 0 Å². The molecule has 0 bridgehead atoms. The highest BCUT2D eigenvalue weighted by Crippen LogP contribution is 2.09. The van der Waals surface area contributed by atoms with E-state index in [2.05, 4.69) is 40.8 Å². The smallest absolute Gasteiger partial charge is 0.151 e. The van der Waals surface area contributed by atoms with Crippen molar-refractivity contribution in [1.82, 2.24) is 34.1 Å². The van der Waals surface area contributed by atoms with Crippen LogP contribution < -0.4 is 0 Å². The van der Waals surface area contributed by atoms with Crippen LogP contribution in [0.1, 0.15) is 21.5 Å². The summed E-state index contributed by atoms with van der Waals surface area (Å²) in [5.74, 6) is 0. The van der Waals surface area contributed by atoms with Crippen LogP contribution in [-0.4, -0.2) is 50.6 Å². The molecule has 5 aromatic rings. The largest absolute Gasteiger partial charge is 0.392 e. The summed E-state index contributed by atoms with van der Waals surface area (Å²) in [7, 11) is 0. The Morgan fingerprint density at radius 3 is 1.74 bits per heavy atom. The van der Waals surface area contributed by atoms with Gasteiger partial charge in [0, 0.05) is 59.6 Å². The maximum atomic E-state index is 10.5. The topological polar surface area (TPSA) is 132 Å². The third-order valence-electron chi connectivity index (χ3n) is 4.39. The number of aliphatic hydroxyl groups excluding tert-OH is 2. The van der Waals surface area contributed by atoms with Crippen molar-refractivity contribution in [3.8, 4) is 11.4 Å². The minimum absolute atomic E-state index is 0.00946. The molecule has 0 radical (unpaired) electrons. The van der Waals surface area contributed by atoms with Gasteiger partial charge in [0.1, 0.15) is 0 Å². The molecule has 0 aromatic carbocycles. The molecule has 11 heteroatoms. The monoisotopic (exact) mass is 535 g/mol. The van der Waals surface area contributed by atoms with E-state index >= 15 is 0 Å². The highest BCUT2D eigenvalue weighted by atomic mass is 79.9. The maximum Gasteiger partial charge on any atom is 0.151 e. The zero-order chi connectivity index (χ0) is 24.9. The fourth-order valence-corrected chi connectivity index (χ4v) is 3.13. The molecule has 0 aliphatic rings. The van der Waals surface area contributed by atoms with Gasteiger partial charge >= 0.3 is 0 Å². The number of hydrogen-bond acceptors (Lipinski definition) is 8. The van der Waals surface area contributed by atoms with E-state index in [1.165, 1.54) is 6.20 Å². The third kappa shape index (κ3) is 8.03. The summed E-state index contributed by atoms with van der Waals surface area (Å²) in [5.41, 5.74) is 3.92. The number of aromatic nitrogens is 7. The molecule has 5 rings (SSSR count). The Hall–Kier alpha value is -4.06. The number of rotatable bonds is 5. The highest BCUT2D eigenvalue weighted by molar-refractivity contribution is 9.10. The van der Waals surface area contributed by atoms with Crippen molar-refractivity contribution >= 4 is 22.2 Å². The van der Waals surface area contributed by atoms with Crippen molar-refractivity contribution in [1.29, 1.82) is 0 Å². The quantitative estimate of drug-likeness (QED) is 0.328. The summed E-state index contributed by atoms with van der Waals surface area (Å²) in [6.45, 7) is 0.0575. The average molecular weight is 536 g/mol. The lowest BCUT2D eigenvalue weighted by Crippen LogP contribution is -1.93. The van der Waals surface area contributed by atoms with Crippen molar-refractivity contribution in [2.24, 2.45) is 0 Å². The number of aliphatic hydroxyl groups is 2. The van der Waals surface area contributed by atoms with Crippen LogP contribution in [0.4, 0.5) is 0 Å². The number of carbonyl (C=O) groups excluding carboxylic acids is 1. The zero-order valence-electron chi connectivity index (χ0n) is 18.5. The minimum atomic E-state index is 0.00946. The molecule has 0 spiro atoms. The normalized spacial score (nSPS) is 9.91. The van der Waals surface area contributed by atoms with Gasteiger partial charge in [-0.15, -0.1) is 0 Å². The second-order valence-corrected chi connectivity index (χ2v) is 7.83. The second kappa shape index (κ2) is 13.6. The van der Waals surface area contributed by atoms with Crippen LogP contribution in [0.2, 0.25) is 0 Å². The van der Waals surface area contributed by atoms with Gasteiger partial charge in [-0.05, 0) is 45.3 Å². The summed E-state index contributed by atoms with van der Waals surface area (Å²) in [5, 5.41) is 17.5. The van der Waals surface area contributed by atoms with Crippen molar-refractivity contribution in [3.05, 3.63) is 114 Å². The number of pyridine rings is 3. The van der Waals surface area contributed by atoms with Gasteiger partial charge in [0.25, 0.3) is 0 Å². The lowest BCUT2D eigenvalue weighted by Gasteiger charge is -2.02. The van der Waals surface area contributed by atoms with Crippen LogP contribution in [0.25, 0.3) is 11.4 Å². The van der Waals surface area contributed by atoms with E-state index in [4.69, 9.17) is 10.2 Å². The van der Waals surface area contributed by atoms with Crippen molar-refractivity contribution < 1.29 is 15.0 Å². The van der Waals surface area contributed by atoms with Gasteiger partial charge in [-0.3, -0.25) is 19.7 Å². The predicted octanol–water partition coefficient (Wildman–Crippen LogP) is 3.18. The predicted molar refractivity (Wildman–Crippen MR) is 132 cm³/mol. The van der Waals surface area contributed by atoms with E-state index in [-0.39, 0.29) is 13.2 Å². The fourth-order valence-electron chi connectivity index (χ4n) is 2.72. The van der Waals surface area contributed by atoms with Crippen LogP contribution in [0.15, 0.2) is 97.3 Å². The number of aldehydes is 1. The molecule has 0 amide bonds. The molecule has 10 nitrogen and oxygen atoms in total. The van der Waals surface area contributed by atoms with E-state index in [1.807, 2.05) is 22.9 Å². The first kappa shape index (κ1) is 25.6. The molecule has 0 atom stereocenters. The van der Waals surface area contributed by atoms with Gasteiger partial charge in [-0.2, -0.15) is 0 Å². The molecule has 0 fully saturated rings. The number of nitrogens with zero attached hydrogens (tertiary/aromatic N) is 7. The highest BCUT2D eigenvalue weighted by Gasteiger charge is 1.98. The summed E-state index contributed by atoms with van der Waals surface area (Å²) < 4.78 is 4.53. The lowest BCUT2D eigenvalue weighted by atomic mass is 10.3. The number of hydrogen-bond donors (Lipinski definition) is 2. The second-order valence-electron chi connectivity index (χ2n) is 6.91. The van der Waals surface area contributed by atoms with Gasteiger partial charge in [0.2, 0.25) is 0 Å². The SMILES string of the molecule is O=Cc1cncc(-n2ccnc2)c1.OCc1cncc(-n2ccnc2)c1.OCc1cncc(Br)c1. The molecular weight excluding hydrogens is 514 g/mol. The van der Waals surface area contributed by atoms with E-state index < -0.39 is 0 Å². The first-order valence-electron chi connectivity index (χ1n) is 10.2. The molecule has 178 valence electrons.